The van der Waals surface area contributed by atoms with Crippen LogP contribution in [0.1, 0.15) is 11.1 Å². The molecule has 169 valence electrons. The number of pyridine rings is 2. The van der Waals surface area contributed by atoms with E-state index in [1.165, 1.54) is 11.1 Å². The topological polar surface area (TPSA) is 77.0 Å². The van der Waals surface area contributed by atoms with Gasteiger partial charge in [0, 0.05) is 31.5 Å². The number of carbonyl (C=O) groups excluding carboxylic acids is 3. The van der Waals surface area contributed by atoms with Crippen LogP contribution in [0.25, 0.3) is 33.9 Å². The van der Waals surface area contributed by atoms with Crippen molar-refractivity contribution < 1.29 is 34.8 Å². The van der Waals surface area contributed by atoms with Crippen LogP contribution in [0, 0.1) is 13.8 Å². The second kappa shape index (κ2) is 16.3. The van der Waals surface area contributed by atoms with E-state index in [1.807, 2.05) is 54.6 Å². The van der Waals surface area contributed by atoms with Gasteiger partial charge in [-0.25, -0.2) is 9.97 Å². The molecular weight excluding hydrogens is 622 g/mol. The van der Waals surface area contributed by atoms with E-state index >= 15 is 0 Å². The van der Waals surface area contributed by atoms with E-state index in [9.17, 15) is 0 Å². The quantitative estimate of drug-likeness (QED) is 0.293. The Morgan fingerprint density at radius 1 is 0.559 bits per heavy atom. The van der Waals surface area contributed by atoms with Crippen molar-refractivity contribution in [1.82, 2.24) is 9.97 Å². The molecule has 0 aliphatic rings. The molecule has 7 heteroatoms. The first-order valence-corrected chi connectivity index (χ1v) is 9.88. The molecule has 0 fully saturated rings. The Morgan fingerprint density at radius 2 is 1.00 bits per heavy atom. The third-order valence-corrected chi connectivity index (χ3v) is 4.98. The van der Waals surface area contributed by atoms with Gasteiger partial charge in [0.15, 0.2) is 0 Å². The zero-order valence-electron chi connectivity index (χ0n) is 18.4. The van der Waals surface area contributed by atoms with Gasteiger partial charge in [-0.3, -0.25) is 14.4 Å². The van der Waals surface area contributed by atoms with Crippen LogP contribution in [0.15, 0.2) is 78.9 Å². The Morgan fingerprint density at radius 3 is 1.50 bits per heavy atom. The molecule has 0 N–H and O–H groups in total. The summed E-state index contributed by atoms with van der Waals surface area (Å²) in [6.45, 7) is 17.7. The van der Waals surface area contributed by atoms with Crippen molar-refractivity contribution in [2.24, 2.45) is 0 Å². The number of hydrogen-bond acceptors (Lipinski definition) is 5. The van der Waals surface area contributed by atoms with Crippen LogP contribution in [0.5, 0.6) is 0 Å². The van der Waals surface area contributed by atoms with Crippen molar-refractivity contribution in [3.05, 3.63) is 95.0 Å². The van der Waals surface area contributed by atoms with Crippen LogP contribution < -0.4 is 0 Å². The van der Waals surface area contributed by atoms with Crippen LogP contribution >= 0.6 is 11.6 Å². The average Bonchev–Trinajstić information content (AvgIpc) is 2.89. The van der Waals surface area contributed by atoms with Gasteiger partial charge in [0.25, 0.3) is 20.4 Å². The largest absolute Gasteiger partial charge is 0.281 e. The van der Waals surface area contributed by atoms with Crippen LogP contribution in [-0.4, -0.2) is 30.3 Å². The first-order valence-electron chi connectivity index (χ1n) is 9.51. The van der Waals surface area contributed by atoms with Gasteiger partial charge in [0.2, 0.25) is 0 Å². The summed E-state index contributed by atoms with van der Waals surface area (Å²) in [5.74, 6) is 0. The summed E-state index contributed by atoms with van der Waals surface area (Å²) >= 11 is 6.49. The predicted octanol–water partition coefficient (Wildman–Crippen LogP) is 5.55. The maximum atomic E-state index is 7.50. The minimum absolute atomic E-state index is 0. The fourth-order valence-electron chi connectivity index (χ4n) is 3.21. The molecule has 4 rings (SSSR count). The van der Waals surface area contributed by atoms with Gasteiger partial charge < -0.3 is 0 Å². The molecule has 0 saturated heterocycles. The molecule has 0 bridgehead atoms. The van der Waals surface area contributed by atoms with Crippen molar-refractivity contribution >= 4 is 32.0 Å². The second-order valence-electron chi connectivity index (χ2n) is 6.56. The Kier molecular flexibility index (Phi) is 14.8. The van der Waals surface area contributed by atoms with Gasteiger partial charge in [0.1, 0.15) is 5.69 Å². The number of aromatic nitrogens is 2. The molecule has 2 heterocycles. The molecule has 4 aromatic rings. The summed E-state index contributed by atoms with van der Waals surface area (Å²) in [6, 6.07) is 26.3. The average molecular weight is 641 g/mol. The van der Waals surface area contributed by atoms with E-state index in [4.69, 9.17) is 36.0 Å². The molecule has 0 saturated carbocycles. The normalized spacial score (nSPS) is 8.91. The second-order valence-corrected chi connectivity index (χ2v) is 6.97. The molecule has 2 aromatic heterocycles. The number of hydrogen-bond donors (Lipinski definition) is 0. The molecule has 2 aromatic carbocycles. The fraction of sp³-hybridized carbons (Fsp3) is 0.0741. The van der Waals surface area contributed by atoms with Gasteiger partial charge in [-0.2, -0.15) is 0 Å². The molecule has 5 nitrogen and oxygen atoms in total. The molecule has 0 aliphatic carbocycles. The minimum atomic E-state index is 0. The summed E-state index contributed by atoms with van der Waals surface area (Å²) in [6.07, 6.45) is 0. The summed E-state index contributed by atoms with van der Waals surface area (Å²) in [5.41, 5.74) is 7.88. The zero-order chi connectivity index (χ0) is 24.8. The molecule has 0 aliphatic heterocycles. The Hall–Kier alpha value is -3.30. The van der Waals surface area contributed by atoms with Crippen molar-refractivity contribution in [2.45, 2.75) is 13.8 Å². The van der Waals surface area contributed by atoms with E-state index in [0.29, 0.717) is 10.7 Å². The van der Waals surface area contributed by atoms with E-state index in [2.05, 4.69) is 58.5 Å². The predicted molar refractivity (Wildman–Crippen MR) is 130 cm³/mol. The first-order chi connectivity index (χ1) is 16.1. The van der Waals surface area contributed by atoms with E-state index < -0.39 is 0 Å². The van der Waals surface area contributed by atoms with Crippen molar-refractivity contribution in [1.29, 1.82) is 0 Å². The van der Waals surface area contributed by atoms with Gasteiger partial charge in [-0.15, -0.1) is 0 Å². The van der Waals surface area contributed by atoms with Crippen molar-refractivity contribution in [3.63, 3.8) is 0 Å². The molecule has 0 unspecified atom stereocenters. The zero-order valence-corrected chi connectivity index (χ0v) is 21.9. The summed E-state index contributed by atoms with van der Waals surface area (Å²) in [5, 5.41) is 0.599. The molecule has 0 amide bonds. The van der Waals surface area contributed by atoms with Gasteiger partial charge in [-0.1, -0.05) is 66.2 Å². The molecule has 7 radical (unpaired) electrons. The summed E-state index contributed by atoms with van der Waals surface area (Å²) in [4.78, 5) is 32.2. The smallest absolute Gasteiger partial charge is 0.281 e. The standard InChI is InChI=1S/C24H19ClN2.3CO.Re/c1-16-8-3-5-10-18(16)21-12-7-13-23(26-21)24-20(25)14-15-22(27-24)19-11-6-4-9-17(19)2;3*1-2;/h3-15H,1-2H3;;;;. The molecule has 0 atom stereocenters. The van der Waals surface area contributed by atoms with Crippen LogP contribution in [-0.2, 0) is 34.8 Å². The third-order valence-electron chi connectivity index (χ3n) is 4.68. The maximum Gasteiger partial charge on any atom is 0.281 e. The summed E-state index contributed by atoms with van der Waals surface area (Å²) < 4.78 is 0. The minimum Gasteiger partial charge on any atom is -0.281 e. The number of rotatable bonds is 3. The molecule has 34 heavy (non-hydrogen) atoms. The summed E-state index contributed by atoms with van der Waals surface area (Å²) in [7, 11) is 0. The van der Waals surface area contributed by atoms with E-state index in [0.717, 1.165) is 28.2 Å². The van der Waals surface area contributed by atoms with Crippen LogP contribution in [0.2, 0.25) is 5.02 Å². The molecule has 0 spiro atoms. The van der Waals surface area contributed by atoms with Crippen LogP contribution in [0.3, 0.4) is 0 Å². The monoisotopic (exact) mass is 641 g/mol. The Labute approximate surface area is 218 Å². The third kappa shape index (κ3) is 7.64. The fourth-order valence-corrected chi connectivity index (χ4v) is 3.41. The SMILES string of the molecule is Cc1ccccc1-c1cccc(-c2nc(-c3ccccc3C)ccc2Cl)n1.[C]=O.[C]=O.[C]=O.[Re]. The van der Waals surface area contributed by atoms with Crippen molar-refractivity contribution in [3.8, 4) is 33.9 Å². The van der Waals surface area contributed by atoms with E-state index in [1.54, 1.807) is 0 Å². The van der Waals surface area contributed by atoms with Crippen molar-refractivity contribution in [2.75, 3.05) is 0 Å². The number of nitrogens with zero attached hydrogens (tertiary/aromatic N) is 2. The van der Waals surface area contributed by atoms with Gasteiger partial charge in [0.05, 0.1) is 22.1 Å². The van der Waals surface area contributed by atoms with Gasteiger partial charge in [-0.05, 0) is 49.2 Å². The molecular formula is C27H19ClN2O3Re. The van der Waals surface area contributed by atoms with E-state index in [-0.39, 0.29) is 20.4 Å². The number of halogens is 1. The number of benzene rings is 2. The van der Waals surface area contributed by atoms with Crippen LogP contribution in [0.4, 0.5) is 0 Å². The maximum absolute atomic E-state index is 7.50. The Bertz CT molecular complexity index is 1180. The first kappa shape index (κ1) is 30.7. The Balaban J connectivity index is 0.00000145. The van der Waals surface area contributed by atoms with Gasteiger partial charge >= 0.3 is 0 Å². The number of aryl methyl sites for hydroxylation is 2.